The fourth-order valence-electron chi connectivity index (χ4n) is 3.70. The summed E-state index contributed by atoms with van der Waals surface area (Å²) in [4.78, 5) is 29.9. The van der Waals surface area contributed by atoms with Crippen LogP contribution in [0.3, 0.4) is 0 Å². The highest BCUT2D eigenvalue weighted by atomic mass is 35.5. The molecule has 6 heteroatoms. The molecule has 3 aromatic carbocycles. The number of amides is 2. The van der Waals surface area contributed by atoms with E-state index in [9.17, 15) is 9.59 Å². The van der Waals surface area contributed by atoms with Gasteiger partial charge in [-0.25, -0.2) is 0 Å². The lowest BCUT2D eigenvalue weighted by Crippen LogP contribution is -2.51. The molecule has 0 unspecified atom stereocenters. The molecule has 0 spiro atoms. The molecule has 0 aromatic heterocycles. The molecule has 0 bridgehead atoms. The number of hydrogen-bond donors (Lipinski definition) is 1. The molecule has 0 saturated heterocycles. The number of nitrogens with zero attached hydrogens (tertiary/aromatic N) is 1. The van der Waals surface area contributed by atoms with Crippen LogP contribution >= 0.6 is 23.4 Å². The smallest absolute Gasteiger partial charge is 0.243 e. The van der Waals surface area contributed by atoms with Crippen LogP contribution in [0, 0.1) is 5.92 Å². The van der Waals surface area contributed by atoms with Crippen molar-refractivity contribution >= 4 is 35.2 Å². The van der Waals surface area contributed by atoms with E-state index < -0.39 is 6.04 Å². The van der Waals surface area contributed by atoms with Crippen LogP contribution in [0.2, 0.25) is 5.02 Å². The molecule has 2 amide bonds. The van der Waals surface area contributed by atoms with Gasteiger partial charge >= 0.3 is 0 Å². The summed E-state index contributed by atoms with van der Waals surface area (Å²) in [5, 5.41) is 3.64. The van der Waals surface area contributed by atoms with Crippen molar-refractivity contribution in [2.45, 2.75) is 44.2 Å². The molecule has 1 atom stereocenters. The van der Waals surface area contributed by atoms with Gasteiger partial charge in [-0.1, -0.05) is 92.2 Å². The van der Waals surface area contributed by atoms with Crippen molar-refractivity contribution in [3.8, 4) is 0 Å². The minimum absolute atomic E-state index is 0.0611. The van der Waals surface area contributed by atoms with Crippen LogP contribution in [0.25, 0.3) is 0 Å². The van der Waals surface area contributed by atoms with Gasteiger partial charge < -0.3 is 10.2 Å². The van der Waals surface area contributed by atoms with E-state index in [4.69, 9.17) is 11.6 Å². The van der Waals surface area contributed by atoms with Gasteiger partial charge in [0, 0.05) is 41.6 Å². The summed E-state index contributed by atoms with van der Waals surface area (Å²) in [6.07, 6.45) is 0.763. The van der Waals surface area contributed by atoms with Gasteiger partial charge in [-0.15, -0.1) is 11.8 Å². The van der Waals surface area contributed by atoms with Crippen molar-refractivity contribution in [3.63, 3.8) is 0 Å². The SMILES string of the molecule is CC(C)CNC(=O)[C@@H](Cc1ccccc1)N(Cc1ccccc1Cl)C(=O)CCSc1ccccc1. The van der Waals surface area contributed by atoms with Crippen molar-refractivity contribution in [1.29, 1.82) is 0 Å². The summed E-state index contributed by atoms with van der Waals surface area (Å²) >= 11 is 8.10. The molecule has 0 saturated carbocycles. The molecule has 184 valence electrons. The van der Waals surface area contributed by atoms with E-state index >= 15 is 0 Å². The fraction of sp³-hybridized carbons (Fsp3) is 0.310. The van der Waals surface area contributed by atoms with Crippen LogP contribution in [-0.2, 0) is 22.6 Å². The van der Waals surface area contributed by atoms with Gasteiger partial charge in [0.1, 0.15) is 6.04 Å². The second kappa shape index (κ2) is 14.0. The van der Waals surface area contributed by atoms with E-state index in [1.807, 2.05) is 84.9 Å². The Balaban J connectivity index is 1.85. The van der Waals surface area contributed by atoms with Gasteiger partial charge in [-0.3, -0.25) is 9.59 Å². The van der Waals surface area contributed by atoms with E-state index in [0.717, 1.165) is 16.0 Å². The highest BCUT2D eigenvalue weighted by molar-refractivity contribution is 7.99. The molecule has 3 aromatic rings. The molecule has 0 radical (unpaired) electrons. The van der Waals surface area contributed by atoms with Crippen LogP contribution in [-0.4, -0.2) is 35.1 Å². The quantitative estimate of drug-likeness (QED) is 0.295. The number of carbonyl (C=O) groups is 2. The lowest BCUT2D eigenvalue weighted by Gasteiger charge is -2.32. The van der Waals surface area contributed by atoms with Crippen molar-refractivity contribution < 1.29 is 9.59 Å². The van der Waals surface area contributed by atoms with Crippen molar-refractivity contribution in [1.82, 2.24) is 10.2 Å². The zero-order chi connectivity index (χ0) is 25.0. The van der Waals surface area contributed by atoms with E-state index in [-0.39, 0.29) is 18.4 Å². The number of carbonyl (C=O) groups excluding carboxylic acids is 2. The molecule has 35 heavy (non-hydrogen) atoms. The number of rotatable bonds is 12. The third kappa shape index (κ3) is 8.75. The summed E-state index contributed by atoms with van der Waals surface area (Å²) in [7, 11) is 0. The number of halogens is 1. The monoisotopic (exact) mass is 508 g/mol. The Hall–Kier alpha value is -2.76. The molecule has 1 N–H and O–H groups in total. The molecule has 0 aliphatic rings. The minimum atomic E-state index is -0.637. The summed E-state index contributed by atoms with van der Waals surface area (Å²) in [5.74, 6) is 0.743. The fourth-order valence-corrected chi connectivity index (χ4v) is 4.76. The molecule has 0 aliphatic carbocycles. The Morgan fingerprint density at radius 3 is 2.20 bits per heavy atom. The van der Waals surface area contributed by atoms with Crippen molar-refractivity contribution in [2.24, 2.45) is 5.92 Å². The average molecular weight is 509 g/mol. The van der Waals surface area contributed by atoms with Crippen LogP contribution in [0.1, 0.15) is 31.4 Å². The molecular weight excluding hydrogens is 476 g/mol. The second-order valence-electron chi connectivity index (χ2n) is 8.87. The maximum atomic E-state index is 13.6. The normalized spacial score (nSPS) is 11.8. The largest absolute Gasteiger partial charge is 0.354 e. The lowest BCUT2D eigenvalue weighted by molar-refractivity contribution is -0.141. The molecular formula is C29H33ClN2O2S. The average Bonchev–Trinajstić information content (AvgIpc) is 2.87. The Bertz CT molecular complexity index is 1080. The van der Waals surface area contributed by atoms with Crippen LogP contribution < -0.4 is 5.32 Å². The summed E-state index contributed by atoms with van der Waals surface area (Å²) in [6, 6.07) is 26.7. The molecule has 0 heterocycles. The van der Waals surface area contributed by atoms with Crippen molar-refractivity contribution in [2.75, 3.05) is 12.3 Å². The Labute approximate surface area is 218 Å². The van der Waals surface area contributed by atoms with Gasteiger partial charge in [-0.05, 0) is 35.2 Å². The first-order valence-electron chi connectivity index (χ1n) is 12.0. The van der Waals surface area contributed by atoms with Gasteiger partial charge in [0.05, 0.1) is 0 Å². The minimum Gasteiger partial charge on any atom is -0.354 e. The van der Waals surface area contributed by atoms with Gasteiger partial charge in [0.15, 0.2) is 0 Å². The van der Waals surface area contributed by atoms with Gasteiger partial charge in [0.2, 0.25) is 11.8 Å². The molecule has 4 nitrogen and oxygen atoms in total. The lowest BCUT2D eigenvalue weighted by atomic mass is 10.0. The zero-order valence-corrected chi connectivity index (χ0v) is 21.9. The highest BCUT2D eigenvalue weighted by Gasteiger charge is 2.30. The number of thioether (sulfide) groups is 1. The maximum Gasteiger partial charge on any atom is 0.243 e. The summed E-state index contributed by atoms with van der Waals surface area (Å²) in [5.41, 5.74) is 1.83. The van der Waals surface area contributed by atoms with Crippen LogP contribution in [0.15, 0.2) is 89.8 Å². The number of benzene rings is 3. The van der Waals surface area contributed by atoms with E-state index in [1.165, 1.54) is 0 Å². The Morgan fingerprint density at radius 2 is 1.54 bits per heavy atom. The Kier molecular flexibility index (Phi) is 10.7. The van der Waals surface area contributed by atoms with E-state index in [2.05, 4.69) is 19.2 Å². The first-order valence-corrected chi connectivity index (χ1v) is 13.3. The number of nitrogens with one attached hydrogen (secondary N) is 1. The maximum absolute atomic E-state index is 13.6. The first kappa shape index (κ1) is 26.8. The van der Waals surface area contributed by atoms with Gasteiger partial charge in [-0.2, -0.15) is 0 Å². The third-order valence-electron chi connectivity index (χ3n) is 5.58. The van der Waals surface area contributed by atoms with Crippen LogP contribution in [0.4, 0.5) is 0 Å². The van der Waals surface area contributed by atoms with E-state index in [1.54, 1.807) is 16.7 Å². The van der Waals surface area contributed by atoms with E-state index in [0.29, 0.717) is 36.1 Å². The summed E-state index contributed by atoms with van der Waals surface area (Å²) < 4.78 is 0. The molecule has 0 aliphatic heterocycles. The predicted molar refractivity (Wildman–Crippen MR) is 146 cm³/mol. The topological polar surface area (TPSA) is 49.4 Å². The predicted octanol–water partition coefficient (Wildman–Crippen LogP) is 6.23. The number of hydrogen-bond acceptors (Lipinski definition) is 3. The summed E-state index contributed by atoms with van der Waals surface area (Å²) in [6.45, 7) is 4.95. The van der Waals surface area contributed by atoms with Crippen LogP contribution in [0.5, 0.6) is 0 Å². The third-order valence-corrected chi connectivity index (χ3v) is 6.96. The molecule has 3 rings (SSSR count). The Morgan fingerprint density at radius 1 is 0.914 bits per heavy atom. The standard InChI is InChI=1S/C29H33ClN2O2S/c1-22(2)20-31-29(34)27(19-23-11-5-3-6-12-23)32(21-24-13-9-10-16-26(24)30)28(33)17-18-35-25-14-7-4-8-15-25/h3-16,22,27H,17-21H2,1-2H3,(H,31,34)/t27-/m1/s1. The zero-order valence-electron chi connectivity index (χ0n) is 20.3. The second-order valence-corrected chi connectivity index (χ2v) is 10.4. The van der Waals surface area contributed by atoms with Crippen molar-refractivity contribution in [3.05, 3.63) is 101 Å². The van der Waals surface area contributed by atoms with Gasteiger partial charge in [0.25, 0.3) is 0 Å². The molecule has 0 fully saturated rings. The first-order chi connectivity index (χ1) is 16.9. The highest BCUT2D eigenvalue weighted by Crippen LogP contribution is 2.23.